The molecule has 6 heteroatoms. The van der Waals surface area contributed by atoms with Gasteiger partial charge in [-0.25, -0.2) is 8.78 Å². The zero-order valence-electron chi connectivity index (χ0n) is 12.5. The lowest BCUT2D eigenvalue weighted by atomic mass is 9.81. The molecule has 1 spiro atoms. The number of hydrogen-bond acceptors (Lipinski definition) is 3. The summed E-state index contributed by atoms with van der Waals surface area (Å²) < 4.78 is 31.5. The Morgan fingerprint density at radius 2 is 1.95 bits per heavy atom. The number of halogens is 2. The van der Waals surface area contributed by atoms with Crippen molar-refractivity contribution in [2.45, 2.75) is 25.9 Å². The van der Waals surface area contributed by atoms with Crippen LogP contribution < -0.4 is 4.74 Å². The van der Waals surface area contributed by atoms with E-state index in [4.69, 9.17) is 4.74 Å². The van der Waals surface area contributed by atoms with Crippen LogP contribution in [0.3, 0.4) is 0 Å². The van der Waals surface area contributed by atoms with Crippen LogP contribution in [0.2, 0.25) is 0 Å². The Balaban J connectivity index is 1.56. The number of nitrogens with zero attached hydrogens (tertiary/aromatic N) is 1. The summed E-state index contributed by atoms with van der Waals surface area (Å²) in [6, 6.07) is 3.30. The highest BCUT2D eigenvalue weighted by molar-refractivity contribution is 8.00. The fraction of sp³-hybridized carbons (Fsp3) is 0.562. The molecule has 1 unspecified atom stereocenters. The molecule has 2 saturated heterocycles. The van der Waals surface area contributed by atoms with Crippen LogP contribution >= 0.6 is 11.8 Å². The van der Waals surface area contributed by atoms with E-state index in [0.29, 0.717) is 5.41 Å². The largest absolute Gasteiger partial charge is 0.481 e. The highest BCUT2D eigenvalue weighted by Gasteiger charge is 2.41. The predicted molar refractivity (Wildman–Crippen MR) is 82.0 cm³/mol. The van der Waals surface area contributed by atoms with E-state index in [0.717, 1.165) is 38.1 Å². The molecule has 2 aliphatic rings. The molecule has 2 aliphatic heterocycles. The number of ether oxygens (including phenoxy) is 1. The summed E-state index contributed by atoms with van der Waals surface area (Å²) in [6.07, 6.45) is 1.39. The summed E-state index contributed by atoms with van der Waals surface area (Å²) in [5.74, 6) is 0.590. The Kier molecular flexibility index (Phi) is 4.30. The maximum Gasteiger partial charge on any atom is 0.263 e. The first-order valence-electron chi connectivity index (χ1n) is 7.47. The van der Waals surface area contributed by atoms with E-state index < -0.39 is 17.7 Å². The van der Waals surface area contributed by atoms with E-state index in [9.17, 15) is 13.6 Å². The van der Waals surface area contributed by atoms with Gasteiger partial charge in [-0.05, 0) is 48.8 Å². The van der Waals surface area contributed by atoms with Crippen molar-refractivity contribution in [1.29, 1.82) is 0 Å². The zero-order valence-corrected chi connectivity index (χ0v) is 13.3. The minimum Gasteiger partial charge on any atom is -0.481 e. The molecule has 1 aromatic carbocycles. The second kappa shape index (κ2) is 6.07. The quantitative estimate of drug-likeness (QED) is 0.854. The summed E-state index contributed by atoms with van der Waals surface area (Å²) in [4.78, 5) is 14.2. The summed E-state index contributed by atoms with van der Waals surface area (Å²) >= 11 is 1.97. The van der Waals surface area contributed by atoms with Crippen molar-refractivity contribution < 1.29 is 18.3 Å². The third-order valence-corrected chi connectivity index (χ3v) is 6.14. The fourth-order valence-electron chi connectivity index (χ4n) is 2.94. The van der Waals surface area contributed by atoms with E-state index in [1.807, 2.05) is 16.7 Å². The number of likely N-dealkylation sites (tertiary alicyclic amines) is 1. The molecular weight excluding hydrogens is 308 g/mol. The predicted octanol–water partition coefficient (Wildman–Crippen LogP) is 3.09. The minimum atomic E-state index is -0.973. The Morgan fingerprint density at radius 3 is 2.50 bits per heavy atom. The molecule has 120 valence electrons. The van der Waals surface area contributed by atoms with Crippen LogP contribution in [-0.2, 0) is 4.79 Å². The fourth-order valence-corrected chi connectivity index (χ4v) is 4.30. The molecule has 0 aromatic heterocycles. The van der Waals surface area contributed by atoms with E-state index in [-0.39, 0.29) is 11.7 Å². The number of rotatable bonds is 3. The number of carbonyl (C=O) groups is 1. The third kappa shape index (κ3) is 3.07. The van der Waals surface area contributed by atoms with Gasteiger partial charge in [0.25, 0.3) is 5.91 Å². The Hall–Kier alpha value is -1.30. The lowest BCUT2D eigenvalue weighted by Crippen LogP contribution is -2.51. The van der Waals surface area contributed by atoms with Crippen LogP contribution in [0, 0.1) is 17.0 Å². The van der Waals surface area contributed by atoms with Gasteiger partial charge in [-0.2, -0.15) is 11.8 Å². The molecule has 0 N–H and O–H groups in total. The molecule has 3 nitrogen and oxygen atoms in total. The number of benzene rings is 1. The Morgan fingerprint density at radius 1 is 1.27 bits per heavy atom. The lowest BCUT2D eigenvalue weighted by Gasteiger charge is -2.47. The average molecular weight is 327 g/mol. The molecular formula is C16H19F2NO2S. The van der Waals surface area contributed by atoms with Crippen LogP contribution in [0.15, 0.2) is 18.2 Å². The van der Waals surface area contributed by atoms with Crippen molar-refractivity contribution in [2.24, 2.45) is 5.41 Å². The smallest absolute Gasteiger partial charge is 0.263 e. The summed E-state index contributed by atoms with van der Waals surface area (Å²) in [5.41, 5.74) is 0.450. The van der Waals surface area contributed by atoms with Gasteiger partial charge >= 0.3 is 0 Å². The van der Waals surface area contributed by atoms with Crippen molar-refractivity contribution in [3.05, 3.63) is 29.8 Å². The number of amides is 1. The molecule has 0 bridgehead atoms. The van der Waals surface area contributed by atoms with Gasteiger partial charge in [-0.15, -0.1) is 0 Å². The highest BCUT2D eigenvalue weighted by Crippen LogP contribution is 2.45. The summed E-state index contributed by atoms with van der Waals surface area (Å²) in [7, 11) is 0. The van der Waals surface area contributed by atoms with Gasteiger partial charge < -0.3 is 9.64 Å². The van der Waals surface area contributed by atoms with E-state index in [1.165, 1.54) is 17.6 Å². The molecule has 1 atom stereocenters. The maximum absolute atomic E-state index is 13.2. The zero-order chi connectivity index (χ0) is 15.7. The number of carbonyl (C=O) groups excluding carboxylic acids is 1. The second-order valence-corrected chi connectivity index (χ2v) is 7.14. The molecule has 0 saturated carbocycles. The van der Waals surface area contributed by atoms with Crippen LogP contribution in [0.25, 0.3) is 0 Å². The van der Waals surface area contributed by atoms with Gasteiger partial charge in [0.2, 0.25) is 0 Å². The molecule has 2 fully saturated rings. The molecule has 3 rings (SSSR count). The van der Waals surface area contributed by atoms with Gasteiger partial charge in [0.1, 0.15) is 5.75 Å². The first kappa shape index (κ1) is 15.6. The van der Waals surface area contributed by atoms with Crippen LogP contribution in [-0.4, -0.2) is 41.5 Å². The molecule has 0 aliphatic carbocycles. The third-order valence-electron chi connectivity index (χ3n) is 4.50. The average Bonchev–Trinajstić information content (AvgIpc) is 2.49. The van der Waals surface area contributed by atoms with E-state index >= 15 is 0 Å². The Labute approximate surface area is 133 Å². The van der Waals surface area contributed by atoms with Gasteiger partial charge in [-0.1, -0.05) is 0 Å². The normalized spacial score (nSPS) is 21.3. The summed E-state index contributed by atoms with van der Waals surface area (Å²) in [5, 5.41) is 0. The van der Waals surface area contributed by atoms with Crippen LogP contribution in [0.4, 0.5) is 8.78 Å². The molecule has 1 aromatic rings. The van der Waals surface area contributed by atoms with Gasteiger partial charge in [0, 0.05) is 19.2 Å². The summed E-state index contributed by atoms with van der Waals surface area (Å²) in [6.45, 7) is 3.16. The van der Waals surface area contributed by atoms with Gasteiger partial charge in [0.15, 0.2) is 17.7 Å². The molecule has 22 heavy (non-hydrogen) atoms. The first-order chi connectivity index (χ1) is 10.5. The highest BCUT2D eigenvalue weighted by atomic mass is 32.2. The second-order valence-electron chi connectivity index (χ2n) is 6.15. The lowest BCUT2D eigenvalue weighted by molar-refractivity contribution is -0.140. The number of hydrogen-bond donors (Lipinski definition) is 0. The number of piperidine rings is 1. The Bertz CT molecular complexity index is 567. The van der Waals surface area contributed by atoms with Gasteiger partial charge in [0.05, 0.1) is 0 Å². The standard InChI is InChI=1S/C16H19F2NO2S/c1-11(21-12-2-3-13(17)14(18)8-12)15(20)19-6-4-16(5-7-19)9-22-10-16/h2-3,8,11H,4-7,9-10H2,1H3. The van der Waals surface area contributed by atoms with Crippen LogP contribution in [0.5, 0.6) is 5.75 Å². The van der Waals surface area contributed by atoms with Crippen molar-refractivity contribution >= 4 is 17.7 Å². The maximum atomic E-state index is 13.2. The minimum absolute atomic E-state index is 0.0911. The van der Waals surface area contributed by atoms with Gasteiger partial charge in [-0.3, -0.25) is 4.79 Å². The topological polar surface area (TPSA) is 29.5 Å². The molecule has 1 amide bonds. The van der Waals surface area contributed by atoms with E-state index in [1.54, 1.807) is 6.92 Å². The van der Waals surface area contributed by atoms with Crippen molar-refractivity contribution in [2.75, 3.05) is 24.6 Å². The molecule has 0 radical (unpaired) electrons. The van der Waals surface area contributed by atoms with E-state index in [2.05, 4.69) is 0 Å². The monoisotopic (exact) mass is 327 g/mol. The van der Waals surface area contributed by atoms with Crippen molar-refractivity contribution in [3.8, 4) is 5.75 Å². The van der Waals surface area contributed by atoms with Crippen molar-refractivity contribution in [3.63, 3.8) is 0 Å². The number of thioether (sulfide) groups is 1. The van der Waals surface area contributed by atoms with Crippen molar-refractivity contribution in [1.82, 2.24) is 4.90 Å². The van der Waals surface area contributed by atoms with Crippen LogP contribution in [0.1, 0.15) is 19.8 Å². The molecule has 2 heterocycles. The first-order valence-corrected chi connectivity index (χ1v) is 8.63. The SMILES string of the molecule is CC(Oc1ccc(F)c(F)c1)C(=O)N1CCC2(CC1)CSC2.